The van der Waals surface area contributed by atoms with Gasteiger partial charge in [0.25, 0.3) is 0 Å². The molecule has 0 aliphatic rings. The first kappa shape index (κ1) is 9.77. The van der Waals surface area contributed by atoms with Gasteiger partial charge in [-0.25, -0.2) is 15.0 Å². The summed E-state index contributed by atoms with van der Waals surface area (Å²) >= 11 is 0. The third-order valence-corrected chi connectivity index (χ3v) is 2.59. The van der Waals surface area contributed by atoms with Crippen molar-refractivity contribution in [1.29, 1.82) is 0 Å². The fourth-order valence-electron chi connectivity index (χ4n) is 1.83. The standard InChI is InChI=1S/C12H11N5/c1-7-4-10(17-12(13)16-7)8-2-3-9-11(5-8)15-6-14-9/h2-6H,1H3,(H,14,15)(H2,13,16,17). The van der Waals surface area contributed by atoms with Crippen molar-refractivity contribution in [2.75, 3.05) is 5.73 Å². The van der Waals surface area contributed by atoms with E-state index in [0.29, 0.717) is 5.95 Å². The lowest BCUT2D eigenvalue weighted by molar-refractivity contribution is 1.12. The maximum Gasteiger partial charge on any atom is 0.220 e. The zero-order chi connectivity index (χ0) is 11.8. The molecule has 84 valence electrons. The number of hydrogen-bond donors (Lipinski definition) is 2. The number of nitrogens with two attached hydrogens (primary N) is 1. The second kappa shape index (κ2) is 3.55. The number of benzene rings is 1. The van der Waals surface area contributed by atoms with E-state index in [1.54, 1.807) is 6.33 Å². The van der Waals surface area contributed by atoms with E-state index in [9.17, 15) is 0 Å². The van der Waals surface area contributed by atoms with E-state index in [0.717, 1.165) is 28.0 Å². The topological polar surface area (TPSA) is 80.5 Å². The number of H-pyrrole nitrogens is 1. The smallest absolute Gasteiger partial charge is 0.220 e. The fourth-order valence-corrected chi connectivity index (χ4v) is 1.83. The van der Waals surface area contributed by atoms with Crippen LogP contribution in [0.4, 0.5) is 5.95 Å². The van der Waals surface area contributed by atoms with Crippen LogP contribution in [0.15, 0.2) is 30.6 Å². The second-order valence-electron chi connectivity index (χ2n) is 3.89. The number of imidazole rings is 1. The van der Waals surface area contributed by atoms with E-state index >= 15 is 0 Å². The van der Waals surface area contributed by atoms with Gasteiger partial charge in [-0.3, -0.25) is 0 Å². The highest BCUT2D eigenvalue weighted by atomic mass is 15.0. The second-order valence-corrected chi connectivity index (χ2v) is 3.89. The van der Waals surface area contributed by atoms with Gasteiger partial charge in [0.2, 0.25) is 5.95 Å². The molecule has 5 heteroatoms. The lowest BCUT2D eigenvalue weighted by Gasteiger charge is -2.03. The number of nitrogens with zero attached hydrogens (tertiary/aromatic N) is 3. The quantitative estimate of drug-likeness (QED) is 0.663. The van der Waals surface area contributed by atoms with Crippen LogP contribution in [0, 0.1) is 6.92 Å². The van der Waals surface area contributed by atoms with Gasteiger partial charge >= 0.3 is 0 Å². The van der Waals surface area contributed by atoms with Gasteiger partial charge in [0.1, 0.15) is 0 Å². The molecular weight excluding hydrogens is 214 g/mol. The van der Waals surface area contributed by atoms with Gasteiger partial charge in [-0.1, -0.05) is 6.07 Å². The summed E-state index contributed by atoms with van der Waals surface area (Å²) in [4.78, 5) is 15.5. The van der Waals surface area contributed by atoms with E-state index in [1.807, 2.05) is 31.2 Å². The molecule has 0 spiro atoms. The van der Waals surface area contributed by atoms with Crippen LogP contribution in [-0.4, -0.2) is 19.9 Å². The minimum Gasteiger partial charge on any atom is -0.368 e. The lowest BCUT2D eigenvalue weighted by atomic mass is 10.1. The molecule has 0 atom stereocenters. The number of aromatic nitrogens is 4. The van der Waals surface area contributed by atoms with Crippen LogP contribution >= 0.6 is 0 Å². The minimum absolute atomic E-state index is 0.296. The maximum atomic E-state index is 5.65. The molecule has 2 aromatic heterocycles. The third-order valence-electron chi connectivity index (χ3n) is 2.59. The minimum atomic E-state index is 0.296. The molecule has 3 aromatic rings. The zero-order valence-electron chi connectivity index (χ0n) is 9.31. The molecule has 0 aliphatic carbocycles. The molecule has 2 heterocycles. The number of aryl methyl sites for hydroxylation is 1. The summed E-state index contributed by atoms with van der Waals surface area (Å²) in [6.45, 7) is 1.90. The van der Waals surface area contributed by atoms with Crippen LogP contribution in [0.2, 0.25) is 0 Å². The van der Waals surface area contributed by atoms with Gasteiger partial charge in [0.15, 0.2) is 0 Å². The van der Waals surface area contributed by atoms with Crippen molar-refractivity contribution in [2.24, 2.45) is 0 Å². The Morgan fingerprint density at radius 1 is 1.18 bits per heavy atom. The highest BCUT2D eigenvalue weighted by molar-refractivity contribution is 5.80. The molecule has 0 saturated heterocycles. The van der Waals surface area contributed by atoms with Crippen LogP contribution in [0.25, 0.3) is 22.3 Å². The SMILES string of the molecule is Cc1cc(-c2ccc3nc[nH]c3c2)nc(N)n1. The molecule has 5 nitrogen and oxygen atoms in total. The normalized spacial score (nSPS) is 10.9. The van der Waals surface area contributed by atoms with E-state index < -0.39 is 0 Å². The Morgan fingerprint density at radius 2 is 2.06 bits per heavy atom. The van der Waals surface area contributed by atoms with Crippen LogP contribution in [0.3, 0.4) is 0 Å². The monoisotopic (exact) mass is 225 g/mol. The Labute approximate surface area is 97.7 Å². The van der Waals surface area contributed by atoms with Crippen molar-refractivity contribution in [3.63, 3.8) is 0 Å². The number of nitrogens with one attached hydrogen (secondary N) is 1. The highest BCUT2D eigenvalue weighted by Crippen LogP contribution is 2.22. The largest absolute Gasteiger partial charge is 0.368 e. The van der Waals surface area contributed by atoms with Gasteiger partial charge in [-0.05, 0) is 25.1 Å². The van der Waals surface area contributed by atoms with Crippen LogP contribution in [-0.2, 0) is 0 Å². The first-order chi connectivity index (χ1) is 8.22. The van der Waals surface area contributed by atoms with E-state index in [4.69, 9.17) is 5.73 Å². The molecule has 0 amide bonds. The first-order valence-electron chi connectivity index (χ1n) is 5.27. The Kier molecular flexibility index (Phi) is 2.04. The number of nitrogen functional groups attached to an aromatic ring is 1. The summed E-state index contributed by atoms with van der Waals surface area (Å²) in [5.74, 6) is 0.296. The van der Waals surface area contributed by atoms with E-state index in [1.165, 1.54) is 0 Å². The predicted molar refractivity (Wildman–Crippen MR) is 66.3 cm³/mol. The van der Waals surface area contributed by atoms with Gasteiger partial charge in [-0.15, -0.1) is 0 Å². The summed E-state index contributed by atoms with van der Waals surface area (Å²) in [5.41, 5.74) is 10.3. The van der Waals surface area contributed by atoms with Gasteiger partial charge in [0, 0.05) is 11.3 Å². The Morgan fingerprint density at radius 3 is 2.88 bits per heavy atom. The van der Waals surface area contributed by atoms with Gasteiger partial charge < -0.3 is 10.7 Å². The number of anilines is 1. The summed E-state index contributed by atoms with van der Waals surface area (Å²) in [6, 6.07) is 7.84. The highest BCUT2D eigenvalue weighted by Gasteiger charge is 2.04. The molecule has 3 N–H and O–H groups in total. The van der Waals surface area contributed by atoms with Crippen molar-refractivity contribution in [3.05, 3.63) is 36.3 Å². The Balaban J connectivity index is 2.19. The molecule has 17 heavy (non-hydrogen) atoms. The van der Waals surface area contributed by atoms with Crippen LogP contribution in [0.1, 0.15) is 5.69 Å². The lowest BCUT2D eigenvalue weighted by Crippen LogP contribution is -1.98. The number of fused-ring (bicyclic) bond motifs is 1. The molecular formula is C12H11N5. The van der Waals surface area contributed by atoms with Crippen molar-refractivity contribution in [1.82, 2.24) is 19.9 Å². The van der Waals surface area contributed by atoms with E-state index in [-0.39, 0.29) is 0 Å². The number of aromatic amines is 1. The Bertz CT molecular complexity index is 666. The molecule has 0 fully saturated rings. The zero-order valence-corrected chi connectivity index (χ0v) is 9.31. The maximum absolute atomic E-state index is 5.65. The fraction of sp³-hybridized carbons (Fsp3) is 0.0833. The van der Waals surface area contributed by atoms with E-state index in [2.05, 4.69) is 19.9 Å². The van der Waals surface area contributed by atoms with Crippen molar-refractivity contribution < 1.29 is 0 Å². The van der Waals surface area contributed by atoms with Crippen molar-refractivity contribution >= 4 is 17.0 Å². The van der Waals surface area contributed by atoms with Gasteiger partial charge in [-0.2, -0.15) is 0 Å². The third kappa shape index (κ3) is 1.71. The van der Waals surface area contributed by atoms with Crippen molar-refractivity contribution in [2.45, 2.75) is 6.92 Å². The molecule has 0 saturated carbocycles. The number of hydrogen-bond acceptors (Lipinski definition) is 4. The number of rotatable bonds is 1. The molecule has 1 aromatic carbocycles. The van der Waals surface area contributed by atoms with Crippen LogP contribution in [0.5, 0.6) is 0 Å². The average molecular weight is 225 g/mol. The predicted octanol–water partition coefficient (Wildman–Crippen LogP) is 1.91. The van der Waals surface area contributed by atoms with Crippen molar-refractivity contribution in [3.8, 4) is 11.3 Å². The molecule has 0 aliphatic heterocycles. The average Bonchev–Trinajstić information content (AvgIpc) is 2.74. The first-order valence-corrected chi connectivity index (χ1v) is 5.27. The molecule has 0 unspecified atom stereocenters. The Hall–Kier alpha value is -2.43. The molecule has 3 rings (SSSR count). The summed E-state index contributed by atoms with van der Waals surface area (Å²) in [6.07, 6.45) is 1.67. The van der Waals surface area contributed by atoms with Gasteiger partial charge in [0.05, 0.1) is 23.1 Å². The molecule has 0 radical (unpaired) electrons. The summed E-state index contributed by atoms with van der Waals surface area (Å²) in [7, 11) is 0. The summed E-state index contributed by atoms with van der Waals surface area (Å²) < 4.78 is 0. The summed E-state index contributed by atoms with van der Waals surface area (Å²) in [5, 5.41) is 0. The van der Waals surface area contributed by atoms with Crippen LogP contribution < -0.4 is 5.73 Å². The molecule has 0 bridgehead atoms.